The van der Waals surface area contributed by atoms with E-state index in [1.54, 1.807) is 4.68 Å². The van der Waals surface area contributed by atoms with Crippen molar-refractivity contribution in [2.45, 2.75) is 19.9 Å². The number of amides is 1. The van der Waals surface area contributed by atoms with Crippen molar-refractivity contribution in [1.29, 1.82) is 0 Å². The maximum Gasteiger partial charge on any atom is 0.258 e. The third kappa shape index (κ3) is 4.30. The second-order valence-electron chi connectivity index (χ2n) is 8.21. The molecule has 1 amide bonds. The average Bonchev–Trinajstić information content (AvgIpc) is 3.24. The van der Waals surface area contributed by atoms with Gasteiger partial charge in [-0.3, -0.25) is 4.79 Å². The van der Waals surface area contributed by atoms with E-state index in [0.717, 1.165) is 35.5 Å². The van der Waals surface area contributed by atoms with Gasteiger partial charge >= 0.3 is 0 Å². The number of anilines is 1. The second-order valence-corrected chi connectivity index (χ2v) is 8.98. The lowest BCUT2D eigenvalue weighted by molar-refractivity contribution is 0.0766. The summed E-state index contributed by atoms with van der Waals surface area (Å²) in [7, 11) is 0. The average molecular weight is 483 g/mol. The van der Waals surface area contributed by atoms with E-state index < -0.39 is 0 Å². The number of halogens is 2. The Hall–Kier alpha value is -3.03. The zero-order chi connectivity index (χ0) is 22.9. The number of hydrogen-bond donors (Lipinski definition) is 1. The van der Waals surface area contributed by atoms with Crippen molar-refractivity contribution in [1.82, 2.24) is 24.6 Å². The number of H-pyrrole nitrogens is 1. The van der Waals surface area contributed by atoms with Gasteiger partial charge < -0.3 is 14.8 Å². The summed E-state index contributed by atoms with van der Waals surface area (Å²) in [6.45, 7) is 4.98. The maximum absolute atomic E-state index is 13.4. The Morgan fingerprint density at radius 3 is 2.64 bits per heavy atom. The molecule has 1 fully saturated rings. The Morgan fingerprint density at radius 2 is 1.82 bits per heavy atom. The van der Waals surface area contributed by atoms with Crippen molar-refractivity contribution in [3.63, 3.8) is 0 Å². The van der Waals surface area contributed by atoms with E-state index in [1.807, 2.05) is 60.4 Å². The van der Waals surface area contributed by atoms with Gasteiger partial charge in [-0.1, -0.05) is 53.5 Å². The van der Waals surface area contributed by atoms with Crippen LogP contribution in [0.4, 0.5) is 5.95 Å². The normalized spacial score (nSPS) is 14.6. The number of aromatic amines is 1. The number of carbonyl (C=O) groups excluding carboxylic acids is 1. The fourth-order valence-electron chi connectivity index (χ4n) is 4.27. The van der Waals surface area contributed by atoms with Gasteiger partial charge in [-0.2, -0.15) is 5.10 Å². The highest BCUT2D eigenvalue weighted by Gasteiger charge is 2.27. The van der Waals surface area contributed by atoms with Gasteiger partial charge in [0.1, 0.15) is 5.15 Å². The number of aryl methyl sites for hydroxylation is 1. The maximum atomic E-state index is 13.4. The van der Waals surface area contributed by atoms with E-state index in [2.05, 4.69) is 15.0 Å². The third-order valence-electron chi connectivity index (χ3n) is 6.02. The lowest BCUT2D eigenvalue weighted by Gasteiger charge is -2.21. The molecule has 0 bridgehead atoms. The fourth-order valence-corrected chi connectivity index (χ4v) is 4.78. The lowest BCUT2D eigenvalue weighted by Crippen LogP contribution is -2.35. The van der Waals surface area contributed by atoms with Crippen LogP contribution >= 0.6 is 23.2 Å². The van der Waals surface area contributed by atoms with Crippen LogP contribution in [-0.4, -0.2) is 56.7 Å². The first-order valence-electron chi connectivity index (χ1n) is 11.0. The number of nitrogens with one attached hydrogen (secondary N) is 1. The molecule has 4 aromatic rings. The SMILES string of the molecule is Cc1nn(Cc2ccccc2Cl)c(Cl)c1C(=O)N1CCCN(c2nc3ccccc3[nH]2)CC1. The number of carbonyl (C=O) groups is 1. The highest BCUT2D eigenvalue weighted by atomic mass is 35.5. The molecule has 0 radical (unpaired) electrons. The predicted molar refractivity (Wildman–Crippen MR) is 131 cm³/mol. The quantitative estimate of drug-likeness (QED) is 0.454. The van der Waals surface area contributed by atoms with Gasteiger partial charge in [-0.15, -0.1) is 0 Å². The molecule has 0 atom stereocenters. The van der Waals surface area contributed by atoms with Crippen LogP contribution in [0.3, 0.4) is 0 Å². The summed E-state index contributed by atoms with van der Waals surface area (Å²) in [6, 6.07) is 15.5. The molecule has 5 rings (SSSR count). The fraction of sp³-hybridized carbons (Fsp3) is 0.292. The molecule has 0 spiro atoms. The summed E-state index contributed by atoms with van der Waals surface area (Å²) in [5.41, 5.74) is 3.94. The highest BCUT2D eigenvalue weighted by Crippen LogP contribution is 2.26. The van der Waals surface area contributed by atoms with Crippen molar-refractivity contribution in [3.8, 4) is 0 Å². The number of rotatable bonds is 4. The first-order chi connectivity index (χ1) is 16.0. The Labute approximate surface area is 201 Å². The second kappa shape index (κ2) is 9.08. The summed E-state index contributed by atoms with van der Waals surface area (Å²) in [4.78, 5) is 25.6. The van der Waals surface area contributed by atoms with Crippen LogP contribution in [0.5, 0.6) is 0 Å². The molecule has 1 aliphatic heterocycles. The highest BCUT2D eigenvalue weighted by molar-refractivity contribution is 6.33. The first kappa shape index (κ1) is 21.8. The van der Waals surface area contributed by atoms with Gasteiger partial charge in [-0.25, -0.2) is 9.67 Å². The van der Waals surface area contributed by atoms with Crippen molar-refractivity contribution in [2.75, 3.05) is 31.1 Å². The molecule has 7 nitrogen and oxygen atoms in total. The van der Waals surface area contributed by atoms with Crippen LogP contribution < -0.4 is 4.90 Å². The molecule has 3 heterocycles. The Balaban J connectivity index is 1.32. The Morgan fingerprint density at radius 1 is 1.03 bits per heavy atom. The lowest BCUT2D eigenvalue weighted by atomic mass is 10.2. The molecule has 1 saturated heterocycles. The van der Waals surface area contributed by atoms with Gasteiger partial charge in [-0.05, 0) is 37.1 Å². The molecular weight excluding hydrogens is 459 g/mol. The molecule has 170 valence electrons. The number of imidazole rings is 1. The largest absolute Gasteiger partial charge is 0.341 e. The molecule has 0 saturated carbocycles. The molecule has 9 heteroatoms. The minimum Gasteiger partial charge on any atom is -0.341 e. The van der Waals surface area contributed by atoms with E-state index in [9.17, 15) is 4.79 Å². The number of aromatic nitrogens is 4. The minimum absolute atomic E-state index is 0.0886. The van der Waals surface area contributed by atoms with Gasteiger partial charge in [0.2, 0.25) is 5.95 Å². The van der Waals surface area contributed by atoms with Gasteiger partial charge in [0.05, 0.1) is 28.8 Å². The zero-order valence-corrected chi connectivity index (χ0v) is 19.8. The monoisotopic (exact) mass is 482 g/mol. The van der Waals surface area contributed by atoms with E-state index in [0.29, 0.717) is 47.6 Å². The summed E-state index contributed by atoms with van der Waals surface area (Å²) in [5.74, 6) is 0.752. The summed E-state index contributed by atoms with van der Waals surface area (Å²) in [5, 5.41) is 5.52. The van der Waals surface area contributed by atoms with Crippen LogP contribution in [0.15, 0.2) is 48.5 Å². The number of benzene rings is 2. The van der Waals surface area contributed by atoms with Crippen LogP contribution in [0.25, 0.3) is 11.0 Å². The molecule has 33 heavy (non-hydrogen) atoms. The van der Waals surface area contributed by atoms with Crippen molar-refractivity contribution < 1.29 is 4.79 Å². The number of nitrogens with zero attached hydrogens (tertiary/aromatic N) is 5. The number of para-hydroxylation sites is 2. The summed E-state index contributed by atoms with van der Waals surface area (Å²) >= 11 is 12.9. The Bertz CT molecular complexity index is 1280. The third-order valence-corrected chi connectivity index (χ3v) is 6.77. The molecule has 0 unspecified atom stereocenters. The van der Waals surface area contributed by atoms with E-state index in [1.165, 1.54) is 0 Å². The van der Waals surface area contributed by atoms with Gasteiger partial charge in [0.15, 0.2) is 0 Å². The van der Waals surface area contributed by atoms with E-state index in [4.69, 9.17) is 28.2 Å². The summed E-state index contributed by atoms with van der Waals surface area (Å²) in [6.07, 6.45) is 0.840. The van der Waals surface area contributed by atoms with Crippen LogP contribution in [0, 0.1) is 6.92 Å². The topological polar surface area (TPSA) is 70.1 Å². The summed E-state index contributed by atoms with van der Waals surface area (Å²) < 4.78 is 1.64. The van der Waals surface area contributed by atoms with Crippen molar-refractivity contribution in [2.24, 2.45) is 0 Å². The Kier molecular flexibility index (Phi) is 6.00. The van der Waals surface area contributed by atoms with E-state index >= 15 is 0 Å². The minimum atomic E-state index is -0.0886. The molecule has 1 N–H and O–H groups in total. The van der Waals surface area contributed by atoms with E-state index in [-0.39, 0.29) is 5.91 Å². The number of fused-ring (bicyclic) bond motifs is 1. The van der Waals surface area contributed by atoms with Crippen molar-refractivity contribution in [3.05, 3.63) is 75.5 Å². The molecule has 1 aliphatic rings. The number of hydrogen-bond acceptors (Lipinski definition) is 4. The van der Waals surface area contributed by atoms with Crippen molar-refractivity contribution >= 4 is 46.1 Å². The van der Waals surface area contributed by atoms with Gasteiger partial charge in [0.25, 0.3) is 5.91 Å². The molecule has 2 aromatic heterocycles. The van der Waals surface area contributed by atoms with Crippen LogP contribution in [0.1, 0.15) is 28.0 Å². The van der Waals surface area contributed by atoms with Crippen LogP contribution in [-0.2, 0) is 6.54 Å². The predicted octanol–water partition coefficient (Wildman–Crippen LogP) is 4.78. The van der Waals surface area contributed by atoms with Gasteiger partial charge in [0, 0.05) is 31.2 Å². The molecule has 0 aliphatic carbocycles. The molecule has 2 aromatic carbocycles. The smallest absolute Gasteiger partial charge is 0.258 e. The zero-order valence-electron chi connectivity index (χ0n) is 18.3. The molecular formula is C24H24Cl2N6O. The first-order valence-corrected chi connectivity index (χ1v) is 11.7. The van der Waals surface area contributed by atoms with Crippen LogP contribution in [0.2, 0.25) is 10.2 Å². The standard InChI is InChI=1S/C24H24Cl2N6O/c1-16-21(22(26)32(29-16)15-17-7-2-3-8-18(17)25)23(33)30-11-6-12-31(14-13-30)24-27-19-9-4-5-10-20(19)28-24/h2-5,7-10H,6,11-15H2,1H3,(H,27,28).